The normalized spacial score (nSPS) is 10.7. The van der Waals surface area contributed by atoms with Gasteiger partial charge in [0.1, 0.15) is 11.6 Å². The van der Waals surface area contributed by atoms with E-state index in [-0.39, 0.29) is 23.3 Å². The highest BCUT2D eigenvalue weighted by molar-refractivity contribution is 8.01. The van der Waals surface area contributed by atoms with Gasteiger partial charge in [-0.2, -0.15) is 0 Å². The number of anilines is 1. The molecule has 0 saturated carbocycles. The van der Waals surface area contributed by atoms with Gasteiger partial charge in [-0.1, -0.05) is 29.2 Å². The van der Waals surface area contributed by atoms with Crippen LogP contribution in [0.25, 0.3) is 5.69 Å². The molecule has 0 unspecified atom stereocenters. The van der Waals surface area contributed by atoms with Gasteiger partial charge in [-0.05, 0) is 61.1 Å². The second-order valence-corrected chi connectivity index (χ2v) is 8.17. The molecule has 1 heterocycles. The van der Waals surface area contributed by atoms with E-state index in [2.05, 4.69) is 10.4 Å². The minimum absolute atomic E-state index is 0.112. The fraction of sp³-hybridized carbons (Fsp3) is 0.118. The third kappa shape index (κ3) is 4.54. The molecule has 2 aromatic carbocycles. The van der Waals surface area contributed by atoms with Crippen molar-refractivity contribution in [1.82, 2.24) is 9.78 Å². The van der Waals surface area contributed by atoms with Crippen LogP contribution < -0.4 is 5.32 Å². The van der Waals surface area contributed by atoms with E-state index in [0.29, 0.717) is 25.2 Å². The first-order valence-corrected chi connectivity index (χ1v) is 9.68. The van der Waals surface area contributed by atoms with Crippen molar-refractivity contribution < 1.29 is 13.6 Å². The lowest BCUT2D eigenvalue weighted by atomic mass is 10.2. The first kappa shape index (κ1) is 18.7. The molecule has 0 aliphatic heterocycles. The predicted octanol–water partition coefficient (Wildman–Crippen LogP) is 4.98. The Morgan fingerprint density at radius 1 is 1.27 bits per heavy atom. The van der Waals surface area contributed by atoms with E-state index in [0.717, 1.165) is 0 Å². The van der Waals surface area contributed by atoms with Gasteiger partial charge in [-0.15, -0.1) is 5.10 Å². The van der Waals surface area contributed by atoms with E-state index in [4.69, 9.17) is 12.2 Å². The molecule has 4 nitrogen and oxygen atoms in total. The van der Waals surface area contributed by atoms with Crippen LogP contribution in [0.15, 0.2) is 46.8 Å². The average molecular weight is 410 g/mol. The molecule has 0 aliphatic carbocycles. The maximum absolute atomic E-state index is 13.5. The number of hydrogen-bond acceptors (Lipinski definition) is 5. The second-order valence-electron chi connectivity index (χ2n) is 5.32. The zero-order chi connectivity index (χ0) is 18.7. The molecule has 0 aliphatic rings. The van der Waals surface area contributed by atoms with Crippen molar-refractivity contribution in [2.24, 2.45) is 0 Å². The van der Waals surface area contributed by atoms with Crippen molar-refractivity contribution in [2.75, 3.05) is 11.1 Å². The topological polar surface area (TPSA) is 46.9 Å². The number of carbonyl (C=O) groups excluding carboxylic acids is 1. The number of benzene rings is 2. The summed E-state index contributed by atoms with van der Waals surface area (Å²) in [6.07, 6.45) is 0. The van der Waals surface area contributed by atoms with Crippen molar-refractivity contribution in [3.05, 3.63) is 63.6 Å². The maximum atomic E-state index is 13.5. The van der Waals surface area contributed by atoms with Crippen LogP contribution in [0.5, 0.6) is 0 Å². The number of thioether (sulfide) groups is 1. The molecule has 9 heteroatoms. The summed E-state index contributed by atoms with van der Waals surface area (Å²) in [5.41, 5.74) is 1.57. The standard InChI is InChI=1S/C17H13F2N3OS3/c1-10-2-5-12(8-14(10)19)20-15(23)9-25-16-21-22(17(24)26-16)13-6-3-11(18)4-7-13/h2-8H,9H2,1H3,(H,20,23). The Morgan fingerprint density at radius 2 is 2.00 bits per heavy atom. The molecule has 134 valence electrons. The molecule has 0 bridgehead atoms. The lowest BCUT2D eigenvalue weighted by molar-refractivity contribution is -0.113. The van der Waals surface area contributed by atoms with Crippen LogP contribution in [-0.4, -0.2) is 21.4 Å². The SMILES string of the molecule is Cc1ccc(NC(=O)CSc2nn(-c3ccc(F)cc3)c(=S)s2)cc1F. The molecule has 0 atom stereocenters. The van der Waals surface area contributed by atoms with Crippen LogP contribution in [0.3, 0.4) is 0 Å². The molecule has 1 aromatic heterocycles. The Hall–Kier alpha value is -2.10. The smallest absolute Gasteiger partial charge is 0.234 e. The van der Waals surface area contributed by atoms with Crippen molar-refractivity contribution in [2.45, 2.75) is 11.3 Å². The van der Waals surface area contributed by atoms with Gasteiger partial charge < -0.3 is 5.32 Å². The van der Waals surface area contributed by atoms with Gasteiger partial charge in [0.2, 0.25) is 5.91 Å². The second kappa shape index (κ2) is 8.07. The largest absolute Gasteiger partial charge is 0.325 e. The number of rotatable bonds is 5. The monoisotopic (exact) mass is 409 g/mol. The van der Waals surface area contributed by atoms with Crippen molar-refractivity contribution in [1.29, 1.82) is 0 Å². The summed E-state index contributed by atoms with van der Waals surface area (Å²) in [7, 11) is 0. The van der Waals surface area contributed by atoms with Gasteiger partial charge in [-0.25, -0.2) is 13.5 Å². The van der Waals surface area contributed by atoms with Gasteiger partial charge in [0.15, 0.2) is 8.29 Å². The zero-order valence-electron chi connectivity index (χ0n) is 13.5. The van der Waals surface area contributed by atoms with Crippen LogP contribution in [0.1, 0.15) is 5.56 Å². The van der Waals surface area contributed by atoms with Crippen LogP contribution in [-0.2, 0) is 4.79 Å². The molecule has 3 aromatic rings. The highest BCUT2D eigenvalue weighted by Crippen LogP contribution is 2.24. The fourth-order valence-corrected chi connectivity index (χ4v) is 4.22. The van der Waals surface area contributed by atoms with Crippen molar-refractivity contribution in [3.63, 3.8) is 0 Å². The Labute approximate surface area is 161 Å². The van der Waals surface area contributed by atoms with Crippen molar-refractivity contribution >= 4 is 46.9 Å². The molecule has 0 spiro atoms. The van der Waals surface area contributed by atoms with E-state index >= 15 is 0 Å². The number of nitrogens with zero attached hydrogens (tertiary/aromatic N) is 2. The summed E-state index contributed by atoms with van der Waals surface area (Å²) in [6.45, 7) is 1.65. The van der Waals surface area contributed by atoms with E-state index in [1.165, 1.54) is 46.0 Å². The lowest BCUT2D eigenvalue weighted by Gasteiger charge is -2.05. The Balaban J connectivity index is 1.63. The molecule has 1 N–H and O–H groups in total. The Bertz CT molecular complexity index is 999. The number of carbonyl (C=O) groups is 1. The van der Waals surface area contributed by atoms with Gasteiger partial charge >= 0.3 is 0 Å². The number of nitrogens with one attached hydrogen (secondary N) is 1. The average Bonchev–Trinajstić information content (AvgIpc) is 2.98. The maximum Gasteiger partial charge on any atom is 0.234 e. The Kier molecular flexibility index (Phi) is 5.80. The van der Waals surface area contributed by atoms with Crippen LogP contribution >= 0.6 is 35.3 Å². The van der Waals surface area contributed by atoms with Gasteiger partial charge in [0.25, 0.3) is 0 Å². The third-order valence-corrected chi connectivity index (χ3v) is 5.75. The molecule has 0 radical (unpaired) electrons. The quantitative estimate of drug-likeness (QED) is 0.477. The van der Waals surface area contributed by atoms with Crippen LogP contribution in [0.4, 0.5) is 14.5 Å². The molecule has 0 fully saturated rings. The summed E-state index contributed by atoms with van der Waals surface area (Å²) < 4.78 is 29.2. The lowest BCUT2D eigenvalue weighted by Crippen LogP contribution is -2.14. The summed E-state index contributed by atoms with van der Waals surface area (Å²) in [5, 5.41) is 6.99. The zero-order valence-corrected chi connectivity index (χ0v) is 16.0. The Morgan fingerprint density at radius 3 is 2.69 bits per heavy atom. The first-order chi connectivity index (χ1) is 12.4. The molecular weight excluding hydrogens is 396 g/mol. The molecule has 3 rings (SSSR count). The minimum atomic E-state index is -0.369. The van der Waals surface area contributed by atoms with E-state index in [9.17, 15) is 13.6 Å². The van der Waals surface area contributed by atoms with E-state index in [1.807, 2.05) is 0 Å². The summed E-state index contributed by atoms with van der Waals surface area (Å²) in [4.78, 5) is 12.0. The molecule has 0 saturated heterocycles. The fourth-order valence-electron chi connectivity index (χ4n) is 2.06. The molecule has 1 amide bonds. The van der Waals surface area contributed by atoms with Gasteiger partial charge in [-0.3, -0.25) is 4.79 Å². The summed E-state index contributed by atoms with van der Waals surface area (Å²) in [5.74, 6) is -0.866. The van der Waals surface area contributed by atoms with Gasteiger partial charge in [0.05, 0.1) is 11.4 Å². The highest BCUT2D eigenvalue weighted by Gasteiger charge is 2.10. The summed E-state index contributed by atoms with van der Waals surface area (Å²) in [6, 6.07) is 10.4. The minimum Gasteiger partial charge on any atom is -0.325 e. The number of amides is 1. The van der Waals surface area contributed by atoms with E-state index in [1.54, 1.807) is 31.2 Å². The molecular formula is C17H13F2N3OS3. The summed E-state index contributed by atoms with van der Waals surface area (Å²) >= 11 is 7.76. The molecule has 26 heavy (non-hydrogen) atoms. The van der Waals surface area contributed by atoms with Crippen LogP contribution in [0.2, 0.25) is 0 Å². The predicted molar refractivity (Wildman–Crippen MR) is 103 cm³/mol. The van der Waals surface area contributed by atoms with Crippen molar-refractivity contribution in [3.8, 4) is 5.69 Å². The highest BCUT2D eigenvalue weighted by atomic mass is 32.2. The van der Waals surface area contributed by atoms with E-state index < -0.39 is 0 Å². The number of aryl methyl sites for hydroxylation is 1. The number of aromatic nitrogens is 2. The number of hydrogen-bond donors (Lipinski definition) is 1. The third-order valence-electron chi connectivity index (χ3n) is 3.38. The number of halogens is 2. The van der Waals surface area contributed by atoms with Gasteiger partial charge in [0, 0.05) is 5.69 Å². The van der Waals surface area contributed by atoms with Crippen LogP contribution in [0, 0.1) is 22.5 Å². The first-order valence-electron chi connectivity index (χ1n) is 7.47.